The highest BCUT2D eigenvalue weighted by Crippen LogP contribution is 2.37. The van der Waals surface area contributed by atoms with Crippen LogP contribution in [0.2, 0.25) is 0 Å². The lowest BCUT2D eigenvalue weighted by atomic mass is 9.91. The van der Waals surface area contributed by atoms with E-state index in [9.17, 15) is 35.9 Å². The number of hydrogen-bond donors (Lipinski definition) is 0. The van der Waals surface area contributed by atoms with Crippen LogP contribution in [0.1, 0.15) is 39.0 Å². The van der Waals surface area contributed by atoms with Crippen molar-refractivity contribution in [2.45, 2.75) is 38.3 Å². The number of benzene rings is 3. The molecule has 10 heteroatoms. The fourth-order valence-electron chi connectivity index (χ4n) is 5.18. The molecule has 0 saturated carbocycles. The SMILES string of the molecule is CN(Cc1cc(C(F)(F)F)cc(C(F)(F)F)c1)C(=O)c1c(-c2ccccc2)c2cccc3c2n(c1=O)CCC3. The van der Waals surface area contributed by atoms with Gasteiger partial charge >= 0.3 is 12.4 Å². The lowest BCUT2D eigenvalue weighted by molar-refractivity contribution is -0.143. The van der Waals surface area contributed by atoms with E-state index in [1.807, 2.05) is 18.2 Å². The Balaban J connectivity index is 1.66. The van der Waals surface area contributed by atoms with Crippen LogP contribution >= 0.6 is 0 Å². The molecule has 2 heterocycles. The number of nitrogens with zero attached hydrogens (tertiary/aromatic N) is 2. The first-order valence-corrected chi connectivity index (χ1v) is 12.1. The van der Waals surface area contributed by atoms with Crippen molar-refractivity contribution in [3.8, 4) is 11.1 Å². The number of aromatic nitrogens is 1. The van der Waals surface area contributed by atoms with E-state index in [-0.39, 0.29) is 17.2 Å². The zero-order valence-electron chi connectivity index (χ0n) is 20.7. The van der Waals surface area contributed by atoms with E-state index in [0.29, 0.717) is 41.6 Å². The molecular weight excluding hydrogens is 522 g/mol. The molecule has 0 bridgehead atoms. The van der Waals surface area contributed by atoms with Gasteiger partial charge in [-0.05, 0) is 47.7 Å². The number of amides is 1. The summed E-state index contributed by atoms with van der Waals surface area (Å²) in [6.07, 6.45) is -8.59. The fourth-order valence-corrected chi connectivity index (χ4v) is 5.18. The molecule has 4 aromatic rings. The third-order valence-corrected chi connectivity index (χ3v) is 6.89. The molecule has 0 radical (unpaired) electrons. The maximum Gasteiger partial charge on any atom is 0.416 e. The van der Waals surface area contributed by atoms with Gasteiger partial charge in [0.25, 0.3) is 11.5 Å². The van der Waals surface area contributed by atoms with Gasteiger partial charge in [-0.25, -0.2) is 0 Å². The number of pyridine rings is 1. The highest BCUT2D eigenvalue weighted by Gasteiger charge is 2.37. The molecule has 4 nitrogen and oxygen atoms in total. The van der Waals surface area contributed by atoms with Crippen molar-refractivity contribution in [2.75, 3.05) is 7.05 Å². The average molecular weight is 544 g/mol. The first-order valence-electron chi connectivity index (χ1n) is 12.1. The van der Waals surface area contributed by atoms with Crippen LogP contribution in [0, 0.1) is 0 Å². The smallest absolute Gasteiger partial charge is 0.337 e. The Morgan fingerprint density at radius 2 is 1.54 bits per heavy atom. The van der Waals surface area contributed by atoms with Gasteiger partial charge in [-0.2, -0.15) is 26.3 Å². The van der Waals surface area contributed by atoms with Crippen LogP contribution in [0.3, 0.4) is 0 Å². The quantitative estimate of drug-likeness (QED) is 0.262. The first-order chi connectivity index (χ1) is 18.4. The molecule has 5 rings (SSSR count). The molecule has 0 N–H and O–H groups in total. The maximum absolute atomic E-state index is 13.8. The lowest BCUT2D eigenvalue weighted by Gasteiger charge is -2.25. The Morgan fingerprint density at radius 3 is 2.15 bits per heavy atom. The summed E-state index contributed by atoms with van der Waals surface area (Å²) in [5, 5.41) is 0.674. The van der Waals surface area contributed by atoms with Crippen LogP contribution in [0.5, 0.6) is 0 Å². The molecule has 39 heavy (non-hydrogen) atoms. The van der Waals surface area contributed by atoms with Gasteiger partial charge in [-0.15, -0.1) is 0 Å². The monoisotopic (exact) mass is 544 g/mol. The minimum absolute atomic E-state index is 0.0386. The molecular formula is C29H22F6N2O2. The van der Waals surface area contributed by atoms with Crippen molar-refractivity contribution >= 4 is 16.8 Å². The summed E-state index contributed by atoms with van der Waals surface area (Å²) in [5.41, 5.74) is -1.38. The van der Waals surface area contributed by atoms with Gasteiger partial charge < -0.3 is 9.47 Å². The number of halogens is 6. The molecule has 0 fully saturated rings. The van der Waals surface area contributed by atoms with Crippen molar-refractivity contribution in [1.29, 1.82) is 0 Å². The Kier molecular flexibility index (Phi) is 6.52. The van der Waals surface area contributed by atoms with E-state index in [4.69, 9.17) is 0 Å². The summed E-state index contributed by atoms with van der Waals surface area (Å²) in [6.45, 7) is -0.189. The third kappa shape index (κ3) is 4.91. The topological polar surface area (TPSA) is 42.3 Å². The average Bonchev–Trinajstić information content (AvgIpc) is 2.89. The van der Waals surface area contributed by atoms with Gasteiger partial charge in [0.1, 0.15) is 5.56 Å². The zero-order chi connectivity index (χ0) is 28.1. The molecule has 0 spiro atoms. The van der Waals surface area contributed by atoms with Crippen molar-refractivity contribution in [2.24, 2.45) is 0 Å². The van der Waals surface area contributed by atoms with Crippen LogP contribution in [-0.4, -0.2) is 22.4 Å². The minimum atomic E-state index is -5.02. The lowest BCUT2D eigenvalue weighted by Crippen LogP contribution is -2.36. The second-order valence-electron chi connectivity index (χ2n) is 9.57. The largest absolute Gasteiger partial charge is 0.416 e. The Labute approximate surface area is 219 Å². The number of carbonyl (C=O) groups excluding carboxylic acids is 1. The zero-order valence-corrected chi connectivity index (χ0v) is 20.7. The molecule has 1 aromatic heterocycles. The van der Waals surface area contributed by atoms with Gasteiger partial charge in [0, 0.05) is 31.1 Å². The first kappa shape index (κ1) is 26.5. The Bertz CT molecular complexity index is 1610. The van der Waals surface area contributed by atoms with Gasteiger partial charge in [0.05, 0.1) is 16.6 Å². The standard InChI is InChI=1S/C29H22F6N2O2/c1-36(16-17-13-20(28(30,31)32)15-21(14-17)29(33,34)35)26(38)24-23(18-7-3-2-4-8-18)22-11-5-9-19-10-6-12-37(25(19)22)27(24)39/h2-5,7-9,11,13-15H,6,10,12,16H2,1H3. The number of carbonyl (C=O) groups is 1. The second kappa shape index (κ2) is 9.59. The summed E-state index contributed by atoms with van der Waals surface area (Å²) in [5.74, 6) is -0.800. The summed E-state index contributed by atoms with van der Waals surface area (Å²) in [7, 11) is 1.25. The van der Waals surface area contributed by atoms with Crippen molar-refractivity contribution in [3.05, 3.63) is 105 Å². The van der Waals surface area contributed by atoms with Gasteiger partial charge in [0.15, 0.2) is 0 Å². The summed E-state index contributed by atoms with van der Waals surface area (Å²) < 4.78 is 81.7. The van der Waals surface area contributed by atoms with Crippen molar-refractivity contribution in [1.82, 2.24) is 9.47 Å². The van der Waals surface area contributed by atoms with Crippen molar-refractivity contribution < 1.29 is 31.1 Å². The predicted octanol–water partition coefficient (Wildman–Crippen LogP) is 6.92. The molecule has 1 aliphatic heterocycles. The molecule has 3 aromatic carbocycles. The normalized spacial score (nSPS) is 13.5. The van der Waals surface area contributed by atoms with E-state index in [1.165, 1.54) is 11.6 Å². The second-order valence-corrected chi connectivity index (χ2v) is 9.57. The van der Waals surface area contributed by atoms with E-state index >= 15 is 0 Å². The number of alkyl halides is 6. The van der Waals surface area contributed by atoms with Crippen LogP contribution in [0.4, 0.5) is 26.3 Å². The number of rotatable bonds is 4. The third-order valence-electron chi connectivity index (χ3n) is 6.89. The van der Waals surface area contributed by atoms with E-state index < -0.39 is 41.5 Å². The minimum Gasteiger partial charge on any atom is -0.337 e. The van der Waals surface area contributed by atoms with Crippen LogP contribution in [0.15, 0.2) is 71.5 Å². The molecule has 1 aliphatic rings. The van der Waals surface area contributed by atoms with Crippen molar-refractivity contribution in [3.63, 3.8) is 0 Å². The van der Waals surface area contributed by atoms with Crippen LogP contribution in [-0.2, 0) is 31.9 Å². The summed E-state index contributed by atoms with van der Waals surface area (Å²) >= 11 is 0. The predicted molar refractivity (Wildman–Crippen MR) is 134 cm³/mol. The molecule has 1 amide bonds. The number of aryl methyl sites for hydroxylation is 2. The molecule has 0 aliphatic carbocycles. The molecule has 0 atom stereocenters. The fraction of sp³-hybridized carbons (Fsp3) is 0.241. The van der Waals surface area contributed by atoms with E-state index in [1.54, 1.807) is 30.3 Å². The highest BCUT2D eigenvalue weighted by atomic mass is 19.4. The maximum atomic E-state index is 13.8. The molecule has 0 saturated heterocycles. The number of para-hydroxylation sites is 1. The molecule has 0 unspecified atom stereocenters. The van der Waals surface area contributed by atoms with Crippen LogP contribution in [0.25, 0.3) is 22.0 Å². The Hall–Kier alpha value is -4.08. The van der Waals surface area contributed by atoms with Gasteiger partial charge in [0.2, 0.25) is 0 Å². The summed E-state index contributed by atoms with van der Waals surface area (Å²) in [6, 6.07) is 15.5. The van der Waals surface area contributed by atoms with E-state index in [2.05, 4.69) is 0 Å². The van der Waals surface area contributed by atoms with Gasteiger partial charge in [-0.3, -0.25) is 9.59 Å². The van der Waals surface area contributed by atoms with Gasteiger partial charge in [-0.1, -0.05) is 48.5 Å². The van der Waals surface area contributed by atoms with E-state index in [0.717, 1.165) is 22.4 Å². The Morgan fingerprint density at radius 1 is 0.897 bits per heavy atom. The highest BCUT2D eigenvalue weighted by molar-refractivity contribution is 6.09. The number of hydrogen-bond acceptors (Lipinski definition) is 2. The molecule has 202 valence electrons. The summed E-state index contributed by atoms with van der Waals surface area (Å²) in [4.78, 5) is 28.6. The van der Waals surface area contributed by atoms with Crippen LogP contribution < -0.4 is 5.56 Å².